The monoisotopic (exact) mass is 258 g/mol. The minimum Gasteiger partial charge on any atom is -0.480 e. The highest BCUT2D eigenvalue weighted by molar-refractivity contribution is 5.87. The number of carbonyl (C=O) groups is 3. The number of hydrogen-bond donors (Lipinski definition) is 3. The molecule has 0 bridgehead atoms. The van der Waals surface area contributed by atoms with Gasteiger partial charge >= 0.3 is 5.97 Å². The van der Waals surface area contributed by atoms with Crippen LogP contribution >= 0.6 is 0 Å². The molecule has 0 rings (SSSR count). The molecule has 0 aliphatic carbocycles. The van der Waals surface area contributed by atoms with E-state index in [1.54, 1.807) is 6.92 Å². The minimum absolute atomic E-state index is 0.180. The Labute approximate surface area is 107 Å². The molecule has 6 heteroatoms. The molecule has 0 aliphatic rings. The second-order valence-corrected chi connectivity index (χ2v) is 4.58. The molecule has 0 fully saturated rings. The van der Waals surface area contributed by atoms with Gasteiger partial charge in [0.15, 0.2) is 0 Å². The van der Waals surface area contributed by atoms with Crippen molar-refractivity contribution in [1.82, 2.24) is 10.6 Å². The lowest BCUT2D eigenvalue weighted by Gasteiger charge is -2.12. The zero-order valence-electron chi connectivity index (χ0n) is 11.2. The van der Waals surface area contributed by atoms with Crippen LogP contribution in [0.4, 0.5) is 0 Å². The Balaban J connectivity index is 3.89. The Morgan fingerprint density at radius 2 is 1.78 bits per heavy atom. The first-order valence-electron chi connectivity index (χ1n) is 6.15. The van der Waals surface area contributed by atoms with Gasteiger partial charge in [-0.25, -0.2) is 4.79 Å². The fourth-order valence-corrected chi connectivity index (χ4v) is 1.27. The van der Waals surface area contributed by atoms with Crippen LogP contribution in [0.2, 0.25) is 0 Å². The second-order valence-electron chi connectivity index (χ2n) is 4.58. The van der Waals surface area contributed by atoms with E-state index in [4.69, 9.17) is 5.11 Å². The third-order valence-electron chi connectivity index (χ3n) is 2.44. The van der Waals surface area contributed by atoms with Gasteiger partial charge in [0.05, 0.1) is 6.54 Å². The number of carboxylic acids is 1. The molecule has 0 radical (unpaired) electrons. The van der Waals surface area contributed by atoms with Gasteiger partial charge in [0.25, 0.3) is 0 Å². The number of nitrogens with one attached hydrogen (secondary N) is 2. The van der Waals surface area contributed by atoms with Crippen LogP contribution in [-0.4, -0.2) is 35.5 Å². The van der Waals surface area contributed by atoms with Gasteiger partial charge in [0, 0.05) is 6.42 Å². The predicted molar refractivity (Wildman–Crippen MR) is 66.9 cm³/mol. The van der Waals surface area contributed by atoms with Crippen LogP contribution < -0.4 is 10.6 Å². The van der Waals surface area contributed by atoms with E-state index in [0.717, 1.165) is 6.42 Å². The summed E-state index contributed by atoms with van der Waals surface area (Å²) in [5.74, 6) is -1.32. The molecular weight excluding hydrogens is 236 g/mol. The smallest absolute Gasteiger partial charge is 0.326 e. The average molecular weight is 258 g/mol. The molecule has 1 unspecified atom stereocenters. The summed E-state index contributed by atoms with van der Waals surface area (Å²) in [6.07, 6.45) is 1.45. The first-order chi connectivity index (χ1) is 8.36. The molecular formula is C12H22N2O4. The summed E-state index contributed by atoms with van der Waals surface area (Å²) in [6.45, 7) is 5.51. The van der Waals surface area contributed by atoms with Gasteiger partial charge in [0.2, 0.25) is 11.8 Å². The fraction of sp³-hybridized carbons (Fsp3) is 0.750. The maximum atomic E-state index is 11.4. The SMILES string of the molecule is CCC(NC(=O)CNC(=O)CCC(C)C)C(=O)O. The fourth-order valence-electron chi connectivity index (χ4n) is 1.27. The average Bonchev–Trinajstić information content (AvgIpc) is 2.30. The van der Waals surface area contributed by atoms with Crippen molar-refractivity contribution in [2.45, 2.75) is 46.1 Å². The zero-order chi connectivity index (χ0) is 14.1. The number of hydrogen-bond acceptors (Lipinski definition) is 3. The van der Waals surface area contributed by atoms with Crippen LogP contribution in [0.25, 0.3) is 0 Å². The van der Waals surface area contributed by atoms with Crippen molar-refractivity contribution in [2.24, 2.45) is 5.92 Å². The second kappa shape index (κ2) is 8.49. The van der Waals surface area contributed by atoms with Gasteiger partial charge in [0.1, 0.15) is 6.04 Å². The molecule has 3 N–H and O–H groups in total. The normalized spacial score (nSPS) is 12.0. The van der Waals surface area contributed by atoms with Crippen molar-refractivity contribution >= 4 is 17.8 Å². The number of amides is 2. The van der Waals surface area contributed by atoms with Gasteiger partial charge in [-0.1, -0.05) is 20.8 Å². The van der Waals surface area contributed by atoms with Crippen LogP contribution in [0.1, 0.15) is 40.0 Å². The van der Waals surface area contributed by atoms with E-state index in [9.17, 15) is 14.4 Å². The third-order valence-corrected chi connectivity index (χ3v) is 2.44. The van der Waals surface area contributed by atoms with Crippen molar-refractivity contribution in [3.05, 3.63) is 0 Å². The quantitative estimate of drug-likeness (QED) is 0.591. The maximum Gasteiger partial charge on any atom is 0.326 e. The Hall–Kier alpha value is -1.59. The van der Waals surface area contributed by atoms with E-state index in [1.807, 2.05) is 13.8 Å². The summed E-state index contributed by atoms with van der Waals surface area (Å²) < 4.78 is 0. The van der Waals surface area contributed by atoms with E-state index < -0.39 is 17.9 Å². The van der Waals surface area contributed by atoms with E-state index in [1.165, 1.54) is 0 Å². The first kappa shape index (κ1) is 16.4. The molecule has 2 amide bonds. The predicted octanol–water partition coefficient (Wildman–Crippen LogP) is 0.518. The summed E-state index contributed by atoms with van der Waals surface area (Å²) in [7, 11) is 0. The highest BCUT2D eigenvalue weighted by Gasteiger charge is 2.17. The van der Waals surface area contributed by atoms with Crippen molar-refractivity contribution in [3.63, 3.8) is 0 Å². The molecule has 1 atom stereocenters. The van der Waals surface area contributed by atoms with Crippen LogP contribution in [0.3, 0.4) is 0 Å². The van der Waals surface area contributed by atoms with Crippen molar-refractivity contribution in [3.8, 4) is 0 Å². The standard InChI is InChI=1S/C12H22N2O4/c1-4-9(12(17)18)14-11(16)7-13-10(15)6-5-8(2)3/h8-9H,4-7H2,1-3H3,(H,13,15)(H,14,16)(H,17,18). The topological polar surface area (TPSA) is 95.5 Å². The molecule has 0 aromatic heterocycles. The molecule has 0 saturated carbocycles. The van der Waals surface area contributed by atoms with E-state index in [0.29, 0.717) is 18.8 Å². The van der Waals surface area contributed by atoms with Gasteiger partial charge in [-0.2, -0.15) is 0 Å². The lowest BCUT2D eigenvalue weighted by atomic mass is 10.1. The number of rotatable bonds is 8. The summed E-state index contributed by atoms with van der Waals surface area (Å²) in [5.41, 5.74) is 0. The highest BCUT2D eigenvalue weighted by atomic mass is 16.4. The Kier molecular flexibility index (Phi) is 7.74. The third kappa shape index (κ3) is 7.65. The molecule has 0 saturated heterocycles. The van der Waals surface area contributed by atoms with E-state index >= 15 is 0 Å². The van der Waals surface area contributed by atoms with Gasteiger partial charge in [-0.05, 0) is 18.8 Å². The molecule has 0 aromatic carbocycles. The maximum absolute atomic E-state index is 11.4. The summed E-state index contributed by atoms with van der Waals surface area (Å²) in [4.78, 5) is 33.4. The van der Waals surface area contributed by atoms with Crippen molar-refractivity contribution in [1.29, 1.82) is 0 Å². The van der Waals surface area contributed by atoms with Gasteiger partial charge in [-0.15, -0.1) is 0 Å². The van der Waals surface area contributed by atoms with Gasteiger partial charge in [-0.3, -0.25) is 9.59 Å². The molecule has 104 valence electrons. The number of carbonyl (C=O) groups excluding carboxylic acids is 2. The molecule has 18 heavy (non-hydrogen) atoms. The minimum atomic E-state index is -1.07. The molecule has 0 aromatic rings. The summed E-state index contributed by atoms with van der Waals surface area (Å²) >= 11 is 0. The summed E-state index contributed by atoms with van der Waals surface area (Å²) in [6, 6.07) is -0.898. The number of aliphatic carboxylic acids is 1. The Morgan fingerprint density at radius 3 is 2.22 bits per heavy atom. The zero-order valence-corrected chi connectivity index (χ0v) is 11.2. The van der Waals surface area contributed by atoms with E-state index in [-0.39, 0.29) is 12.5 Å². The molecule has 0 spiro atoms. The van der Waals surface area contributed by atoms with Crippen LogP contribution in [0.5, 0.6) is 0 Å². The molecule has 0 aliphatic heterocycles. The van der Waals surface area contributed by atoms with Crippen LogP contribution in [0.15, 0.2) is 0 Å². The van der Waals surface area contributed by atoms with Gasteiger partial charge < -0.3 is 15.7 Å². The van der Waals surface area contributed by atoms with Crippen molar-refractivity contribution < 1.29 is 19.5 Å². The Morgan fingerprint density at radius 1 is 1.17 bits per heavy atom. The largest absolute Gasteiger partial charge is 0.480 e. The summed E-state index contributed by atoms with van der Waals surface area (Å²) in [5, 5.41) is 13.5. The lowest BCUT2D eigenvalue weighted by molar-refractivity contribution is -0.141. The molecule has 0 heterocycles. The highest BCUT2D eigenvalue weighted by Crippen LogP contribution is 2.02. The number of carboxylic acid groups (broad SMARTS) is 1. The van der Waals surface area contributed by atoms with Crippen LogP contribution in [-0.2, 0) is 14.4 Å². The molecule has 6 nitrogen and oxygen atoms in total. The van der Waals surface area contributed by atoms with Crippen LogP contribution in [0, 0.1) is 5.92 Å². The first-order valence-corrected chi connectivity index (χ1v) is 6.15. The lowest BCUT2D eigenvalue weighted by Crippen LogP contribution is -2.45. The van der Waals surface area contributed by atoms with E-state index in [2.05, 4.69) is 10.6 Å². The van der Waals surface area contributed by atoms with Crippen molar-refractivity contribution in [2.75, 3.05) is 6.54 Å². The Bertz CT molecular complexity index is 302.